The minimum absolute atomic E-state index is 0.00585. The maximum Gasteiger partial charge on any atom is 0.286 e. The SMILES string of the molecule is O=C(CS(=O)c1ccc(Cl)cc1[N+](=O)[O-])c1ccccc1. The maximum atomic E-state index is 12.2. The predicted octanol–water partition coefficient (Wildman–Crippen LogP) is 3.24. The van der Waals surface area contributed by atoms with Gasteiger partial charge in [0.2, 0.25) is 0 Å². The van der Waals surface area contributed by atoms with Gasteiger partial charge in [-0.2, -0.15) is 0 Å². The monoisotopic (exact) mass is 323 g/mol. The number of halogens is 1. The molecule has 0 spiro atoms. The molecule has 2 rings (SSSR count). The van der Waals surface area contributed by atoms with Gasteiger partial charge in [-0.05, 0) is 12.1 Å². The lowest BCUT2D eigenvalue weighted by Crippen LogP contribution is -2.12. The summed E-state index contributed by atoms with van der Waals surface area (Å²) in [5.41, 5.74) is 0.0733. The minimum atomic E-state index is -1.80. The number of nitro benzene ring substituents is 1. The van der Waals surface area contributed by atoms with Crippen molar-refractivity contribution in [2.24, 2.45) is 0 Å². The van der Waals surface area contributed by atoms with E-state index < -0.39 is 15.7 Å². The number of carbonyl (C=O) groups excluding carboxylic acids is 1. The van der Waals surface area contributed by atoms with Crippen molar-refractivity contribution in [3.8, 4) is 0 Å². The Balaban J connectivity index is 2.25. The number of benzene rings is 2. The van der Waals surface area contributed by atoms with Crippen LogP contribution in [0, 0.1) is 10.1 Å². The van der Waals surface area contributed by atoms with Gasteiger partial charge in [0.1, 0.15) is 4.90 Å². The molecule has 108 valence electrons. The Morgan fingerprint density at radius 1 is 1.19 bits per heavy atom. The van der Waals surface area contributed by atoms with Crippen LogP contribution in [0.5, 0.6) is 0 Å². The Bertz CT molecular complexity index is 718. The molecule has 1 atom stereocenters. The Kier molecular flexibility index (Phi) is 4.82. The molecule has 0 bridgehead atoms. The topological polar surface area (TPSA) is 77.3 Å². The molecular weight excluding hydrogens is 314 g/mol. The molecule has 0 aromatic heterocycles. The molecule has 2 aromatic rings. The number of hydrogen-bond donors (Lipinski definition) is 0. The van der Waals surface area contributed by atoms with Crippen LogP contribution in [0.25, 0.3) is 0 Å². The van der Waals surface area contributed by atoms with Crippen LogP contribution < -0.4 is 0 Å². The van der Waals surface area contributed by atoms with E-state index in [1.54, 1.807) is 30.3 Å². The van der Waals surface area contributed by atoms with E-state index in [1.165, 1.54) is 12.1 Å². The number of rotatable bonds is 5. The quantitative estimate of drug-likeness (QED) is 0.481. The molecule has 0 radical (unpaired) electrons. The van der Waals surface area contributed by atoms with E-state index >= 15 is 0 Å². The molecule has 0 amide bonds. The molecule has 5 nitrogen and oxygen atoms in total. The third-order valence-corrected chi connectivity index (χ3v) is 4.32. The van der Waals surface area contributed by atoms with Crippen LogP contribution in [0.3, 0.4) is 0 Å². The highest BCUT2D eigenvalue weighted by molar-refractivity contribution is 7.86. The fraction of sp³-hybridized carbons (Fsp3) is 0.0714. The van der Waals surface area contributed by atoms with Gasteiger partial charge in [-0.25, -0.2) is 0 Å². The zero-order valence-electron chi connectivity index (χ0n) is 10.7. The van der Waals surface area contributed by atoms with E-state index in [0.717, 1.165) is 6.07 Å². The van der Waals surface area contributed by atoms with Gasteiger partial charge in [-0.3, -0.25) is 19.1 Å². The van der Waals surface area contributed by atoms with E-state index in [0.29, 0.717) is 5.56 Å². The number of ketones is 1. The van der Waals surface area contributed by atoms with Crippen LogP contribution in [0.15, 0.2) is 53.4 Å². The fourth-order valence-corrected chi connectivity index (χ4v) is 3.04. The van der Waals surface area contributed by atoms with Crippen LogP contribution in [-0.4, -0.2) is 20.7 Å². The second kappa shape index (κ2) is 6.60. The van der Waals surface area contributed by atoms with Crippen molar-refractivity contribution < 1.29 is 13.9 Å². The average molecular weight is 324 g/mol. The molecule has 0 fully saturated rings. The van der Waals surface area contributed by atoms with Crippen LogP contribution in [0.4, 0.5) is 5.69 Å². The highest BCUT2D eigenvalue weighted by Gasteiger charge is 2.21. The van der Waals surface area contributed by atoms with Crippen molar-refractivity contribution >= 4 is 33.9 Å². The van der Waals surface area contributed by atoms with Gasteiger partial charge in [0.25, 0.3) is 5.69 Å². The summed E-state index contributed by atoms with van der Waals surface area (Å²) in [7, 11) is -1.80. The first-order valence-corrected chi connectivity index (χ1v) is 7.59. The van der Waals surface area contributed by atoms with Crippen molar-refractivity contribution in [3.63, 3.8) is 0 Å². The van der Waals surface area contributed by atoms with Gasteiger partial charge in [0, 0.05) is 16.7 Å². The average Bonchev–Trinajstić information content (AvgIpc) is 2.47. The predicted molar refractivity (Wildman–Crippen MR) is 80.2 cm³/mol. The summed E-state index contributed by atoms with van der Waals surface area (Å²) in [6.45, 7) is 0. The number of carbonyl (C=O) groups is 1. The number of nitrogens with zero attached hydrogens (tertiary/aromatic N) is 1. The van der Waals surface area contributed by atoms with Crippen molar-refractivity contribution in [1.29, 1.82) is 0 Å². The molecule has 0 heterocycles. The Morgan fingerprint density at radius 3 is 2.48 bits per heavy atom. The van der Waals surface area contributed by atoms with Gasteiger partial charge in [-0.15, -0.1) is 0 Å². The number of Topliss-reactive ketones (excluding diaryl/α,β-unsaturated/α-hetero) is 1. The van der Waals surface area contributed by atoms with Crippen LogP contribution in [0.2, 0.25) is 5.02 Å². The van der Waals surface area contributed by atoms with Crippen molar-refractivity contribution in [2.45, 2.75) is 4.90 Å². The van der Waals surface area contributed by atoms with Crippen LogP contribution in [-0.2, 0) is 10.8 Å². The van der Waals surface area contributed by atoms with Crippen molar-refractivity contribution in [1.82, 2.24) is 0 Å². The van der Waals surface area contributed by atoms with Crippen molar-refractivity contribution in [2.75, 3.05) is 5.75 Å². The molecule has 0 saturated heterocycles. The van der Waals surface area contributed by atoms with E-state index in [9.17, 15) is 19.1 Å². The fourth-order valence-electron chi connectivity index (χ4n) is 1.73. The number of hydrogen-bond acceptors (Lipinski definition) is 4. The standard InChI is InChI=1S/C14H10ClNO4S/c15-11-6-7-14(12(8-11)16(18)19)21(20)9-13(17)10-4-2-1-3-5-10/h1-8H,9H2. The van der Waals surface area contributed by atoms with E-state index in [-0.39, 0.29) is 27.1 Å². The largest absolute Gasteiger partial charge is 0.293 e. The first-order chi connectivity index (χ1) is 9.99. The Morgan fingerprint density at radius 2 is 1.86 bits per heavy atom. The minimum Gasteiger partial charge on any atom is -0.293 e. The molecule has 2 aromatic carbocycles. The maximum absolute atomic E-state index is 12.2. The highest BCUT2D eigenvalue weighted by Crippen LogP contribution is 2.26. The molecule has 0 aliphatic rings. The van der Waals surface area contributed by atoms with E-state index in [1.807, 2.05) is 0 Å². The molecule has 1 unspecified atom stereocenters. The summed E-state index contributed by atoms with van der Waals surface area (Å²) in [6, 6.07) is 12.2. The summed E-state index contributed by atoms with van der Waals surface area (Å²) in [5, 5.41) is 11.1. The highest BCUT2D eigenvalue weighted by atomic mass is 35.5. The molecule has 21 heavy (non-hydrogen) atoms. The van der Waals surface area contributed by atoms with Gasteiger partial charge < -0.3 is 0 Å². The molecular formula is C14H10ClNO4S. The zero-order chi connectivity index (χ0) is 15.4. The Labute approximate surface area is 128 Å². The first kappa shape index (κ1) is 15.3. The van der Waals surface area contributed by atoms with Crippen LogP contribution >= 0.6 is 11.6 Å². The van der Waals surface area contributed by atoms with E-state index in [2.05, 4.69) is 0 Å². The lowest BCUT2D eigenvalue weighted by molar-refractivity contribution is -0.387. The van der Waals surface area contributed by atoms with E-state index in [4.69, 9.17) is 11.6 Å². The molecule has 0 saturated carbocycles. The van der Waals surface area contributed by atoms with Crippen molar-refractivity contribution in [3.05, 3.63) is 69.2 Å². The molecule has 0 aliphatic heterocycles. The second-order valence-corrected chi connectivity index (χ2v) is 6.00. The van der Waals surface area contributed by atoms with Gasteiger partial charge in [-0.1, -0.05) is 41.9 Å². The summed E-state index contributed by atoms with van der Waals surface area (Å²) in [5.74, 6) is -0.648. The molecule has 7 heteroatoms. The Hall–Kier alpha value is -2.05. The summed E-state index contributed by atoms with van der Waals surface area (Å²) in [6.07, 6.45) is 0. The summed E-state index contributed by atoms with van der Waals surface area (Å²) in [4.78, 5) is 22.3. The smallest absolute Gasteiger partial charge is 0.286 e. The third kappa shape index (κ3) is 3.74. The van der Waals surface area contributed by atoms with Crippen LogP contribution in [0.1, 0.15) is 10.4 Å². The lowest BCUT2D eigenvalue weighted by Gasteiger charge is -2.04. The number of nitro groups is 1. The normalized spacial score (nSPS) is 11.9. The second-order valence-electron chi connectivity index (χ2n) is 4.15. The van der Waals surface area contributed by atoms with Gasteiger partial charge in [0.05, 0.1) is 21.5 Å². The third-order valence-electron chi connectivity index (χ3n) is 2.72. The lowest BCUT2D eigenvalue weighted by atomic mass is 10.2. The molecule has 0 aliphatic carbocycles. The zero-order valence-corrected chi connectivity index (χ0v) is 12.3. The van der Waals surface area contributed by atoms with Gasteiger partial charge >= 0.3 is 0 Å². The first-order valence-electron chi connectivity index (χ1n) is 5.89. The van der Waals surface area contributed by atoms with Gasteiger partial charge in [0.15, 0.2) is 5.78 Å². The summed E-state index contributed by atoms with van der Waals surface area (Å²) >= 11 is 5.70. The molecule has 0 N–H and O–H groups in total. The summed E-state index contributed by atoms with van der Waals surface area (Å²) < 4.78 is 12.2.